The first-order valence-electron chi connectivity index (χ1n) is 10.7. The minimum Gasteiger partial charge on any atom is -0.496 e. The molecule has 0 bridgehead atoms. The van der Waals surface area contributed by atoms with Gasteiger partial charge in [-0.1, -0.05) is 31.2 Å². The van der Waals surface area contributed by atoms with Crippen LogP contribution in [-0.4, -0.2) is 23.9 Å². The standard InChI is InChI=1S/C26H25N3O3S/c1-5-17-10-12-18(13-11-17)28-25(31)23-22(21-15(2)14-16(3)27-26(21)33-23)29-24(30)19-8-6-7-9-20(19)32-4/h6-14H,5H2,1-4H3,(H,28,31)(H,29,30). The van der Waals surface area contributed by atoms with Gasteiger partial charge in [-0.25, -0.2) is 4.98 Å². The van der Waals surface area contributed by atoms with Crippen LogP contribution in [0.5, 0.6) is 5.75 Å². The normalized spacial score (nSPS) is 10.8. The average molecular weight is 460 g/mol. The van der Waals surface area contributed by atoms with Crippen molar-refractivity contribution in [2.75, 3.05) is 17.7 Å². The van der Waals surface area contributed by atoms with Gasteiger partial charge in [0.1, 0.15) is 15.5 Å². The predicted octanol–water partition coefficient (Wildman–Crippen LogP) is 5.99. The van der Waals surface area contributed by atoms with Crippen LogP contribution in [-0.2, 0) is 6.42 Å². The number of hydrogen-bond acceptors (Lipinski definition) is 5. The number of rotatable bonds is 6. The van der Waals surface area contributed by atoms with Crippen molar-refractivity contribution in [3.05, 3.63) is 81.9 Å². The molecule has 0 aliphatic carbocycles. The van der Waals surface area contributed by atoms with E-state index in [-0.39, 0.29) is 11.8 Å². The first-order valence-corrected chi connectivity index (χ1v) is 11.5. The Bertz CT molecular complexity index is 1340. The molecule has 2 N–H and O–H groups in total. The molecule has 0 radical (unpaired) electrons. The molecule has 0 saturated carbocycles. The number of aromatic nitrogens is 1. The number of para-hydroxylation sites is 1. The number of ether oxygens (including phenoxy) is 1. The number of thiophene rings is 1. The maximum Gasteiger partial charge on any atom is 0.267 e. The number of anilines is 2. The Labute approximate surface area is 196 Å². The van der Waals surface area contributed by atoms with Gasteiger partial charge in [-0.15, -0.1) is 11.3 Å². The zero-order valence-corrected chi connectivity index (χ0v) is 19.8. The van der Waals surface area contributed by atoms with Crippen LogP contribution in [0.2, 0.25) is 0 Å². The lowest BCUT2D eigenvalue weighted by atomic mass is 10.1. The van der Waals surface area contributed by atoms with E-state index < -0.39 is 0 Å². The number of pyridine rings is 1. The highest BCUT2D eigenvalue weighted by atomic mass is 32.1. The summed E-state index contributed by atoms with van der Waals surface area (Å²) in [4.78, 5) is 32.2. The molecule has 0 aliphatic rings. The number of nitrogens with zero attached hydrogens (tertiary/aromatic N) is 1. The van der Waals surface area contributed by atoms with E-state index in [1.807, 2.05) is 44.2 Å². The lowest BCUT2D eigenvalue weighted by Gasteiger charge is -2.11. The zero-order chi connectivity index (χ0) is 23.5. The number of fused-ring (bicyclic) bond motifs is 1. The first kappa shape index (κ1) is 22.5. The van der Waals surface area contributed by atoms with Crippen molar-refractivity contribution in [1.82, 2.24) is 4.98 Å². The summed E-state index contributed by atoms with van der Waals surface area (Å²) in [5, 5.41) is 6.67. The molecule has 0 spiro atoms. The van der Waals surface area contributed by atoms with E-state index in [1.165, 1.54) is 24.0 Å². The number of benzene rings is 2. The Hall–Kier alpha value is -3.71. The highest BCUT2D eigenvalue weighted by Gasteiger charge is 2.24. The van der Waals surface area contributed by atoms with Crippen molar-refractivity contribution in [2.45, 2.75) is 27.2 Å². The lowest BCUT2D eigenvalue weighted by molar-refractivity contribution is 0.102. The number of hydrogen-bond donors (Lipinski definition) is 2. The fourth-order valence-corrected chi connectivity index (χ4v) is 4.89. The molecule has 4 aromatic rings. The van der Waals surface area contributed by atoms with Crippen LogP contribution in [0.3, 0.4) is 0 Å². The molecule has 0 fully saturated rings. The topological polar surface area (TPSA) is 80.3 Å². The van der Waals surface area contributed by atoms with E-state index in [1.54, 1.807) is 24.3 Å². The first-order chi connectivity index (χ1) is 15.9. The molecule has 0 atom stereocenters. The van der Waals surface area contributed by atoms with Gasteiger partial charge in [0.2, 0.25) is 0 Å². The number of amides is 2. The SMILES string of the molecule is CCc1ccc(NC(=O)c2sc3nc(C)cc(C)c3c2NC(=O)c2ccccc2OC)cc1. The molecule has 33 heavy (non-hydrogen) atoms. The molecule has 4 rings (SSSR count). The minimum absolute atomic E-state index is 0.297. The Balaban J connectivity index is 1.75. The monoisotopic (exact) mass is 459 g/mol. The van der Waals surface area contributed by atoms with Crippen LogP contribution in [0.1, 0.15) is 43.8 Å². The van der Waals surface area contributed by atoms with Gasteiger partial charge in [0.05, 0.1) is 18.4 Å². The molecule has 6 nitrogen and oxygen atoms in total. The molecule has 2 aromatic carbocycles. The molecule has 0 aliphatic heterocycles. The van der Waals surface area contributed by atoms with E-state index in [4.69, 9.17) is 4.74 Å². The summed E-state index contributed by atoms with van der Waals surface area (Å²) in [6.45, 7) is 5.95. The summed E-state index contributed by atoms with van der Waals surface area (Å²) in [5.41, 5.74) is 4.52. The largest absolute Gasteiger partial charge is 0.496 e. The molecule has 168 valence electrons. The second-order valence-electron chi connectivity index (χ2n) is 7.73. The van der Waals surface area contributed by atoms with Crippen molar-refractivity contribution in [3.63, 3.8) is 0 Å². The van der Waals surface area contributed by atoms with Crippen molar-refractivity contribution < 1.29 is 14.3 Å². The number of aryl methyl sites for hydroxylation is 3. The molecule has 2 heterocycles. The highest BCUT2D eigenvalue weighted by molar-refractivity contribution is 7.21. The minimum atomic E-state index is -0.353. The van der Waals surface area contributed by atoms with Gasteiger partial charge < -0.3 is 15.4 Å². The maximum atomic E-state index is 13.3. The van der Waals surface area contributed by atoms with Crippen LogP contribution in [0.25, 0.3) is 10.2 Å². The van der Waals surface area contributed by atoms with Crippen molar-refractivity contribution in [2.24, 2.45) is 0 Å². The van der Waals surface area contributed by atoms with Crippen molar-refractivity contribution in [3.8, 4) is 5.75 Å². The van der Waals surface area contributed by atoms with Crippen LogP contribution >= 0.6 is 11.3 Å². The van der Waals surface area contributed by atoms with Crippen molar-refractivity contribution in [1.29, 1.82) is 0 Å². The van der Waals surface area contributed by atoms with Gasteiger partial charge in [0.15, 0.2) is 0 Å². The number of nitrogens with one attached hydrogen (secondary N) is 2. The molecule has 2 aromatic heterocycles. The van der Waals surface area contributed by atoms with Gasteiger partial charge in [0.25, 0.3) is 11.8 Å². The van der Waals surface area contributed by atoms with Gasteiger partial charge in [-0.3, -0.25) is 9.59 Å². The van der Waals surface area contributed by atoms with Crippen LogP contribution in [0.15, 0.2) is 54.6 Å². The van der Waals surface area contributed by atoms with Crippen LogP contribution in [0.4, 0.5) is 11.4 Å². The Morgan fingerprint density at radius 1 is 1.00 bits per heavy atom. The molecular weight excluding hydrogens is 434 g/mol. The molecule has 7 heteroatoms. The zero-order valence-electron chi connectivity index (χ0n) is 19.0. The van der Waals surface area contributed by atoms with Crippen molar-refractivity contribution >= 4 is 44.7 Å². The van der Waals surface area contributed by atoms with Gasteiger partial charge >= 0.3 is 0 Å². The van der Waals surface area contributed by atoms with Gasteiger partial charge in [-0.05, 0) is 61.7 Å². The van der Waals surface area contributed by atoms with E-state index >= 15 is 0 Å². The summed E-state index contributed by atoms with van der Waals surface area (Å²) in [7, 11) is 1.52. The molecular formula is C26H25N3O3S. The second-order valence-corrected chi connectivity index (χ2v) is 8.72. The lowest BCUT2D eigenvalue weighted by Crippen LogP contribution is -2.17. The summed E-state index contributed by atoms with van der Waals surface area (Å²) in [5.74, 6) is -0.189. The predicted molar refractivity (Wildman–Crippen MR) is 134 cm³/mol. The highest BCUT2D eigenvalue weighted by Crippen LogP contribution is 2.38. The third-order valence-electron chi connectivity index (χ3n) is 5.40. The fourth-order valence-electron chi connectivity index (χ4n) is 3.75. The summed E-state index contributed by atoms with van der Waals surface area (Å²) in [6.07, 6.45) is 0.925. The average Bonchev–Trinajstić information content (AvgIpc) is 3.17. The Kier molecular flexibility index (Phi) is 6.42. The smallest absolute Gasteiger partial charge is 0.267 e. The maximum absolute atomic E-state index is 13.3. The fraction of sp³-hybridized carbons (Fsp3) is 0.192. The number of methoxy groups -OCH3 is 1. The van der Waals surface area contributed by atoms with E-state index in [2.05, 4.69) is 22.5 Å². The number of carbonyl (C=O) groups is 2. The number of carbonyl (C=O) groups excluding carboxylic acids is 2. The molecule has 0 unspecified atom stereocenters. The van der Waals surface area contributed by atoms with Gasteiger partial charge in [0, 0.05) is 16.8 Å². The summed E-state index contributed by atoms with van der Waals surface area (Å²) >= 11 is 1.27. The van der Waals surface area contributed by atoms with E-state index in [9.17, 15) is 9.59 Å². The molecule has 2 amide bonds. The van der Waals surface area contributed by atoms with E-state index in [0.717, 1.165) is 23.1 Å². The summed E-state index contributed by atoms with van der Waals surface area (Å²) < 4.78 is 5.34. The Morgan fingerprint density at radius 3 is 2.42 bits per heavy atom. The summed E-state index contributed by atoms with van der Waals surface area (Å²) in [6, 6.07) is 16.7. The second kappa shape index (κ2) is 9.42. The van der Waals surface area contributed by atoms with Crippen LogP contribution < -0.4 is 15.4 Å². The Morgan fingerprint density at radius 2 is 1.73 bits per heavy atom. The van der Waals surface area contributed by atoms with Crippen LogP contribution in [0, 0.1) is 13.8 Å². The van der Waals surface area contributed by atoms with E-state index in [0.29, 0.717) is 32.4 Å². The third kappa shape index (κ3) is 4.59. The van der Waals surface area contributed by atoms with Gasteiger partial charge in [-0.2, -0.15) is 0 Å². The quantitative estimate of drug-likeness (QED) is 0.371. The third-order valence-corrected chi connectivity index (χ3v) is 6.49. The molecule has 0 saturated heterocycles.